The number of aliphatic hydroxyl groups is 1. The minimum atomic E-state index is -0.148. The van der Waals surface area contributed by atoms with Crippen molar-refractivity contribution in [2.24, 2.45) is 11.3 Å². The molecular formula is C14H28N2O2. The van der Waals surface area contributed by atoms with Crippen molar-refractivity contribution in [1.29, 1.82) is 0 Å². The molecule has 2 fully saturated rings. The predicted octanol–water partition coefficient (Wildman–Crippen LogP) is 0.705. The fourth-order valence-electron chi connectivity index (χ4n) is 3.30. The molecule has 2 rings (SSSR count). The van der Waals surface area contributed by atoms with Crippen molar-refractivity contribution in [2.75, 3.05) is 46.4 Å². The van der Waals surface area contributed by atoms with Crippen LogP contribution in [0.5, 0.6) is 0 Å². The number of rotatable bonds is 4. The van der Waals surface area contributed by atoms with Crippen LogP contribution in [0, 0.1) is 11.3 Å². The monoisotopic (exact) mass is 256 g/mol. The molecule has 2 unspecified atom stereocenters. The summed E-state index contributed by atoms with van der Waals surface area (Å²) in [5.74, 6) is 0.455. The SMILES string of the molecule is CNCC1(CN2CCC(C)C(O)C2)CCOCC1. The van der Waals surface area contributed by atoms with Gasteiger partial charge in [-0.1, -0.05) is 6.92 Å². The molecule has 0 radical (unpaired) electrons. The van der Waals surface area contributed by atoms with E-state index >= 15 is 0 Å². The third kappa shape index (κ3) is 3.44. The smallest absolute Gasteiger partial charge is 0.0693 e. The minimum absolute atomic E-state index is 0.148. The summed E-state index contributed by atoms with van der Waals surface area (Å²) in [6, 6.07) is 0. The van der Waals surface area contributed by atoms with Crippen LogP contribution < -0.4 is 5.32 Å². The van der Waals surface area contributed by atoms with Crippen LogP contribution >= 0.6 is 0 Å². The molecule has 0 aromatic rings. The van der Waals surface area contributed by atoms with Crippen LogP contribution in [0.25, 0.3) is 0 Å². The predicted molar refractivity (Wildman–Crippen MR) is 72.6 cm³/mol. The van der Waals surface area contributed by atoms with Gasteiger partial charge in [-0.15, -0.1) is 0 Å². The molecule has 0 aliphatic carbocycles. The molecule has 106 valence electrons. The van der Waals surface area contributed by atoms with E-state index in [4.69, 9.17) is 4.74 Å². The molecule has 2 saturated heterocycles. The molecule has 2 aliphatic heterocycles. The fourth-order valence-corrected chi connectivity index (χ4v) is 3.30. The third-order valence-corrected chi connectivity index (χ3v) is 4.67. The van der Waals surface area contributed by atoms with Crippen LogP contribution in [0.3, 0.4) is 0 Å². The summed E-state index contributed by atoms with van der Waals surface area (Å²) in [6.45, 7) is 8.04. The van der Waals surface area contributed by atoms with Crippen molar-refractivity contribution in [3.63, 3.8) is 0 Å². The molecule has 0 saturated carbocycles. The maximum atomic E-state index is 10.0. The van der Waals surface area contributed by atoms with Crippen LogP contribution in [0.1, 0.15) is 26.2 Å². The lowest BCUT2D eigenvalue weighted by atomic mass is 9.79. The van der Waals surface area contributed by atoms with Gasteiger partial charge in [0.25, 0.3) is 0 Å². The molecule has 0 bridgehead atoms. The lowest BCUT2D eigenvalue weighted by Gasteiger charge is -2.44. The summed E-state index contributed by atoms with van der Waals surface area (Å²) in [6.07, 6.45) is 3.24. The first-order valence-electron chi connectivity index (χ1n) is 7.28. The molecule has 2 heterocycles. The molecule has 2 aliphatic rings. The highest BCUT2D eigenvalue weighted by Gasteiger charge is 2.35. The van der Waals surface area contributed by atoms with Gasteiger partial charge >= 0.3 is 0 Å². The van der Waals surface area contributed by atoms with Crippen molar-refractivity contribution >= 4 is 0 Å². The Kier molecular flexibility index (Phi) is 5.01. The van der Waals surface area contributed by atoms with Crippen LogP contribution in [-0.4, -0.2) is 62.6 Å². The van der Waals surface area contributed by atoms with Gasteiger partial charge in [0.2, 0.25) is 0 Å². The highest BCUT2D eigenvalue weighted by atomic mass is 16.5. The normalized spacial score (nSPS) is 33.5. The largest absolute Gasteiger partial charge is 0.392 e. The number of hydrogen-bond donors (Lipinski definition) is 2. The van der Waals surface area contributed by atoms with Gasteiger partial charge in [-0.05, 0) is 44.2 Å². The topological polar surface area (TPSA) is 44.7 Å². The Morgan fingerprint density at radius 2 is 2.11 bits per heavy atom. The van der Waals surface area contributed by atoms with E-state index in [2.05, 4.69) is 17.1 Å². The number of nitrogens with zero attached hydrogens (tertiary/aromatic N) is 1. The van der Waals surface area contributed by atoms with Gasteiger partial charge < -0.3 is 20.1 Å². The van der Waals surface area contributed by atoms with Crippen LogP contribution in [-0.2, 0) is 4.74 Å². The molecule has 0 amide bonds. The first-order chi connectivity index (χ1) is 8.65. The van der Waals surface area contributed by atoms with Gasteiger partial charge in [-0.25, -0.2) is 0 Å². The summed E-state index contributed by atoms with van der Waals surface area (Å²) >= 11 is 0. The lowest BCUT2D eigenvalue weighted by molar-refractivity contribution is -0.0300. The Hall–Kier alpha value is -0.160. The molecule has 2 N–H and O–H groups in total. The zero-order valence-electron chi connectivity index (χ0n) is 11.8. The van der Waals surface area contributed by atoms with E-state index in [9.17, 15) is 5.11 Å². The average molecular weight is 256 g/mol. The van der Waals surface area contributed by atoms with E-state index in [0.29, 0.717) is 11.3 Å². The van der Waals surface area contributed by atoms with Crippen LogP contribution in [0.15, 0.2) is 0 Å². The first-order valence-corrected chi connectivity index (χ1v) is 7.28. The summed E-state index contributed by atoms with van der Waals surface area (Å²) in [5.41, 5.74) is 0.341. The van der Waals surface area contributed by atoms with E-state index in [-0.39, 0.29) is 6.10 Å². The Morgan fingerprint density at radius 1 is 1.39 bits per heavy atom. The van der Waals surface area contributed by atoms with Crippen molar-refractivity contribution in [2.45, 2.75) is 32.3 Å². The second kappa shape index (κ2) is 6.33. The van der Waals surface area contributed by atoms with E-state index in [1.165, 1.54) is 0 Å². The zero-order chi connectivity index (χ0) is 13.0. The number of nitrogens with one attached hydrogen (secondary N) is 1. The molecule has 0 aromatic carbocycles. The van der Waals surface area contributed by atoms with Gasteiger partial charge in [0, 0.05) is 32.8 Å². The van der Waals surface area contributed by atoms with Crippen LogP contribution in [0.4, 0.5) is 0 Å². The second-order valence-corrected chi connectivity index (χ2v) is 6.21. The minimum Gasteiger partial charge on any atom is -0.392 e. The number of likely N-dealkylation sites (tertiary alicyclic amines) is 1. The van der Waals surface area contributed by atoms with Gasteiger partial charge in [0.15, 0.2) is 0 Å². The van der Waals surface area contributed by atoms with Crippen LogP contribution in [0.2, 0.25) is 0 Å². The van der Waals surface area contributed by atoms with Gasteiger partial charge in [0.1, 0.15) is 0 Å². The second-order valence-electron chi connectivity index (χ2n) is 6.21. The number of piperidine rings is 1. The number of ether oxygens (including phenoxy) is 1. The first kappa shape index (κ1) is 14.3. The van der Waals surface area contributed by atoms with Gasteiger partial charge in [-0.2, -0.15) is 0 Å². The van der Waals surface area contributed by atoms with E-state index in [1.807, 2.05) is 7.05 Å². The maximum absolute atomic E-state index is 10.0. The highest BCUT2D eigenvalue weighted by Crippen LogP contribution is 2.32. The van der Waals surface area contributed by atoms with Crippen molar-refractivity contribution in [1.82, 2.24) is 10.2 Å². The number of β-amino-alcohol motifs (C(OH)–C–C–N with tert-alkyl or cyclic N) is 1. The Balaban J connectivity index is 1.92. The fraction of sp³-hybridized carbons (Fsp3) is 1.00. The molecule has 4 nitrogen and oxygen atoms in total. The molecule has 0 spiro atoms. The van der Waals surface area contributed by atoms with Gasteiger partial charge in [0.05, 0.1) is 6.10 Å². The van der Waals surface area contributed by atoms with Gasteiger partial charge in [-0.3, -0.25) is 0 Å². The maximum Gasteiger partial charge on any atom is 0.0693 e. The quantitative estimate of drug-likeness (QED) is 0.777. The van der Waals surface area contributed by atoms with Crippen molar-refractivity contribution in [3.05, 3.63) is 0 Å². The van der Waals surface area contributed by atoms with E-state index in [0.717, 1.165) is 58.7 Å². The average Bonchev–Trinajstić information content (AvgIpc) is 2.35. The standard InChI is InChI=1S/C14H28N2O2/c1-12-3-6-16(9-13(12)17)11-14(10-15-2)4-7-18-8-5-14/h12-13,15,17H,3-11H2,1-2H3. The number of hydrogen-bond acceptors (Lipinski definition) is 4. The van der Waals surface area contributed by atoms with Crippen molar-refractivity contribution < 1.29 is 9.84 Å². The Morgan fingerprint density at radius 3 is 2.72 bits per heavy atom. The molecular weight excluding hydrogens is 228 g/mol. The summed E-state index contributed by atoms with van der Waals surface area (Å²) in [4.78, 5) is 2.45. The van der Waals surface area contributed by atoms with Crippen molar-refractivity contribution in [3.8, 4) is 0 Å². The number of aliphatic hydroxyl groups excluding tert-OH is 1. The summed E-state index contributed by atoms with van der Waals surface area (Å²) in [7, 11) is 2.03. The molecule has 18 heavy (non-hydrogen) atoms. The van der Waals surface area contributed by atoms with E-state index in [1.54, 1.807) is 0 Å². The molecule has 4 heteroatoms. The lowest BCUT2D eigenvalue weighted by Crippen LogP contribution is -2.51. The van der Waals surface area contributed by atoms with E-state index < -0.39 is 0 Å². The Bertz CT molecular complexity index is 249. The molecule has 2 atom stereocenters. The summed E-state index contributed by atoms with van der Waals surface area (Å²) < 4.78 is 5.50. The summed E-state index contributed by atoms with van der Waals surface area (Å²) in [5, 5.41) is 13.4. The molecule has 0 aromatic heterocycles. The zero-order valence-corrected chi connectivity index (χ0v) is 11.8. The third-order valence-electron chi connectivity index (χ3n) is 4.67. The Labute approximate surface area is 111 Å². The highest BCUT2D eigenvalue weighted by molar-refractivity contribution is 4.89.